The maximum absolute atomic E-state index is 12.3. The van der Waals surface area contributed by atoms with Crippen LogP contribution in [0.25, 0.3) is 10.1 Å². The molecule has 0 bridgehead atoms. The molecule has 0 radical (unpaired) electrons. The molecule has 0 unspecified atom stereocenters. The number of thiophene rings is 1. The van der Waals surface area contributed by atoms with Crippen molar-refractivity contribution in [3.05, 3.63) is 63.5 Å². The smallest absolute Gasteiger partial charge is 0.263 e. The molecule has 0 saturated carbocycles. The van der Waals surface area contributed by atoms with E-state index in [4.69, 9.17) is 23.2 Å². The third-order valence-electron chi connectivity index (χ3n) is 3.26. The molecule has 7 heteroatoms. The van der Waals surface area contributed by atoms with Crippen molar-refractivity contribution in [2.45, 2.75) is 0 Å². The number of hydrogen-bond acceptors (Lipinski definition) is 3. The summed E-state index contributed by atoms with van der Waals surface area (Å²) in [5.74, 6) is -0.717. The van der Waals surface area contributed by atoms with E-state index in [1.54, 1.807) is 24.3 Å². The molecule has 2 N–H and O–H groups in total. The van der Waals surface area contributed by atoms with Gasteiger partial charge in [-0.2, -0.15) is 0 Å². The molecule has 3 aromatic rings. The second-order valence-electron chi connectivity index (χ2n) is 4.98. The van der Waals surface area contributed by atoms with Crippen LogP contribution in [-0.2, 0) is 4.79 Å². The number of fused-ring (bicyclic) bond motifs is 1. The summed E-state index contributed by atoms with van der Waals surface area (Å²) in [5, 5.41) is 7.00. The Hall–Kier alpha value is -2.08. The molecule has 4 nitrogen and oxygen atoms in total. The Morgan fingerprint density at radius 2 is 1.83 bits per heavy atom. The monoisotopic (exact) mass is 378 g/mol. The maximum atomic E-state index is 12.3. The lowest BCUT2D eigenvalue weighted by Gasteiger charge is -2.06. The van der Waals surface area contributed by atoms with Gasteiger partial charge in [-0.1, -0.05) is 47.5 Å². The molecule has 0 aliphatic rings. The van der Waals surface area contributed by atoms with E-state index in [0.29, 0.717) is 20.6 Å². The van der Waals surface area contributed by atoms with Gasteiger partial charge in [0.05, 0.1) is 11.6 Å². The van der Waals surface area contributed by atoms with Crippen LogP contribution in [0.2, 0.25) is 10.0 Å². The van der Waals surface area contributed by atoms with E-state index in [1.807, 2.05) is 24.3 Å². The molecule has 0 saturated heterocycles. The van der Waals surface area contributed by atoms with Crippen molar-refractivity contribution < 1.29 is 9.59 Å². The summed E-state index contributed by atoms with van der Waals surface area (Å²) in [6.45, 7) is -0.157. The van der Waals surface area contributed by atoms with Gasteiger partial charge < -0.3 is 10.6 Å². The molecule has 24 heavy (non-hydrogen) atoms. The second kappa shape index (κ2) is 7.21. The summed E-state index contributed by atoms with van der Waals surface area (Å²) in [4.78, 5) is 24.6. The van der Waals surface area contributed by atoms with E-state index in [2.05, 4.69) is 10.6 Å². The molecule has 0 aliphatic carbocycles. The molecule has 2 aromatic carbocycles. The highest BCUT2D eigenvalue weighted by molar-refractivity contribution is 7.21. The van der Waals surface area contributed by atoms with Crippen molar-refractivity contribution in [3.8, 4) is 0 Å². The fourth-order valence-electron chi connectivity index (χ4n) is 2.17. The van der Waals surface area contributed by atoms with Crippen LogP contribution in [0.4, 0.5) is 5.69 Å². The van der Waals surface area contributed by atoms with Gasteiger partial charge in [0.1, 0.15) is 4.88 Å². The van der Waals surface area contributed by atoms with Crippen LogP contribution in [0.5, 0.6) is 0 Å². The summed E-state index contributed by atoms with van der Waals surface area (Å²) < 4.78 is 0.927. The molecule has 2 amide bonds. The first-order valence-corrected chi connectivity index (χ1v) is 8.62. The number of nitrogens with one attached hydrogen (secondary N) is 2. The molecule has 1 aromatic heterocycles. The Labute approximate surface area is 152 Å². The Kier molecular flexibility index (Phi) is 5.04. The van der Waals surface area contributed by atoms with Gasteiger partial charge in [-0.15, -0.1) is 11.3 Å². The van der Waals surface area contributed by atoms with Crippen molar-refractivity contribution in [2.24, 2.45) is 0 Å². The van der Waals surface area contributed by atoms with Gasteiger partial charge in [0.25, 0.3) is 5.91 Å². The fourth-order valence-corrected chi connectivity index (χ4v) is 3.80. The van der Waals surface area contributed by atoms with Gasteiger partial charge >= 0.3 is 0 Å². The quantitative estimate of drug-likeness (QED) is 0.697. The zero-order valence-electron chi connectivity index (χ0n) is 12.3. The Morgan fingerprint density at radius 3 is 2.58 bits per heavy atom. The third kappa shape index (κ3) is 3.70. The first kappa shape index (κ1) is 16.8. The highest BCUT2D eigenvalue weighted by Crippen LogP contribution is 2.34. The van der Waals surface area contributed by atoms with Gasteiger partial charge in [0.2, 0.25) is 5.91 Å². The van der Waals surface area contributed by atoms with Crippen LogP contribution >= 0.6 is 34.5 Å². The van der Waals surface area contributed by atoms with E-state index in [-0.39, 0.29) is 18.4 Å². The standard InChI is InChI=1S/C17H12Cl2N2O2S/c18-10-4-3-5-11(8-10)21-14(22)9-20-17(23)16-15(19)12-6-1-2-7-13(12)24-16/h1-8H,9H2,(H,20,23)(H,21,22). The Bertz CT molecular complexity index is 924. The third-order valence-corrected chi connectivity index (χ3v) is 5.17. The molecule has 3 rings (SSSR count). The summed E-state index contributed by atoms with van der Waals surface area (Å²) in [7, 11) is 0. The van der Waals surface area contributed by atoms with E-state index >= 15 is 0 Å². The van der Waals surface area contributed by atoms with Crippen LogP contribution in [0.1, 0.15) is 9.67 Å². The molecule has 1 heterocycles. The van der Waals surface area contributed by atoms with Crippen molar-refractivity contribution in [2.75, 3.05) is 11.9 Å². The van der Waals surface area contributed by atoms with Crippen LogP contribution in [0.3, 0.4) is 0 Å². The Morgan fingerprint density at radius 1 is 1.04 bits per heavy atom. The van der Waals surface area contributed by atoms with Crippen molar-refractivity contribution in [1.29, 1.82) is 0 Å². The predicted octanol–water partition coefficient (Wildman–Crippen LogP) is 4.58. The van der Waals surface area contributed by atoms with E-state index < -0.39 is 0 Å². The largest absolute Gasteiger partial charge is 0.342 e. The lowest BCUT2D eigenvalue weighted by molar-refractivity contribution is -0.115. The number of rotatable bonds is 4. The fraction of sp³-hybridized carbons (Fsp3) is 0.0588. The molecule has 0 atom stereocenters. The lowest BCUT2D eigenvalue weighted by Crippen LogP contribution is -2.32. The minimum atomic E-state index is -0.373. The normalized spacial score (nSPS) is 10.6. The van der Waals surface area contributed by atoms with Gasteiger partial charge in [-0.25, -0.2) is 0 Å². The number of halogens is 2. The van der Waals surface area contributed by atoms with E-state index in [9.17, 15) is 9.59 Å². The van der Waals surface area contributed by atoms with Gasteiger partial charge in [0.15, 0.2) is 0 Å². The van der Waals surface area contributed by atoms with Crippen LogP contribution in [0.15, 0.2) is 48.5 Å². The van der Waals surface area contributed by atoms with Crippen molar-refractivity contribution in [3.63, 3.8) is 0 Å². The van der Waals surface area contributed by atoms with E-state index in [1.165, 1.54) is 11.3 Å². The van der Waals surface area contributed by atoms with Gasteiger partial charge in [0, 0.05) is 20.8 Å². The topological polar surface area (TPSA) is 58.2 Å². The SMILES string of the molecule is O=C(CNC(=O)c1sc2ccccc2c1Cl)Nc1cccc(Cl)c1. The number of carbonyl (C=O) groups is 2. The van der Waals surface area contributed by atoms with Crippen LogP contribution < -0.4 is 10.6 Å². The molecular weight excluding hydrogens is 367 g/mol. The summed E-state index contributed by atoms with van der Waals surface area (Å²) in [6.07, 6.45) is 0. The van der Waals surface area contributed by atoms with Crippen molar-refractivity contribution >= 4 is 62.1 Å². The van der Waals surface area contributed by atoms with Crippen molar-refractivity contribution in [1.82, 2.24) is 5.32 Å². The first-order valence-electron chi connectivity index (χ1n) is 7.05. The molecule has 0 spiro atoms. The first-order chi connectivity index (χ1) is 11.5. The number of amides is 2. The molecule has 0 aliphatic heterocycles. The average Bonchev–Trinajstić information content (AvgIpc) is 2.90. The summed E-state index contributed by atoms with van der Waals surface area (Å²) in [6, 6.07) is 14.3. The molecule has 0 fully saturated rings. The number of hydrogen-bond donors (Lipinski definition) is 2. The highest BCUT2D eigenvalue weighted by Gasteiger charge is 2.17. The molecular formula is C17H12Cl2N2O2S. The number of carbonyl (C=O) groups excluding carboxylic acids is 2. The summed E-state index contributed by atoms with van der Waals surface area (Å²) >= 11 is 13.4. The minimum absolute atomic E-state index is 0.157. The maximum Gasteiger partial charge on any atom is 0.263 e. The van der Waals surface area contributed by atoms with Crippen LogP contribution in [0, 0.1) is 0 Å². The highest BCUT2D eigenvalue weighted by atomic mass is 35.5. The number of anilines is 1. The average molecular weight is 379 g/mol. The number of benzene rings is 2. The molecule has 122 valence electrons. The minimum Gasteiger partial charge on any atom is -0.342 e. The zero-order valence-corrected chi connectivity index (χ0v) is 14.6. The van der Waals surface area contributed by atoms with Gasteiger partial charge in [-0.05, 0) is 24.3 Å². The van der Waals surface area contributed by atoms with Gasteiger partial charge in [-0.3, -0.25) is 9.59 Å². The summed E-state index contributed by atoms with van der Waals surface area (Å²) in [5.41, 5.74) is 0.571. The lowest BCUT2D eigenvalue weighted by atomic mass is 10.2. The predicted molar refractivity (Wildman–Crippen MR) is 99.2 cm³/mol. The Balaban J connectivity index is 1.64. The van der Waals surface area contributed by atoms with Crippen LogP contribution in [-0.4, -0.2) is 18.4 Å². The zero-order chi connectivity index (χ0) is 17.1. The van der Waals surface area contributed by atoms with E-state index in [0.717, 1.165) is 10.1 Å². The second-order valence-corrected chi connectivity index (χ2v) is 6.85.